The Hall–Kier alpha value is -2.36. The van der Waals surface area contributed by atoms with Gasteiger partial charge in [-0.3, -0.25) is 9.59 Å². The van der Waals surface area contributed by atoms with Gasteiger partial charge in [0.2, 0.25) is 11.8 Å². The van der Waals surface area contributed by atoms with Gasteiger partial charge in [0.1, 0.15) is 0 Å². The van der Waals surface area contributed by atoms with Crippen molar-refractivity contribution < 1.29 is 9.59 Å². The predicted octanol–water partition coefficient (Wildman–Crippen LogP) is 5.16. The number of allylic oxidation sites excluding steroid dienone is 10. The van der Waals surface area contributed by atoms with Crippen LogP contribution in [-0.2, 0) is 9.59 Å². The summed E-state index contributed by atoms with van der Waals surface area (Å²) in [5.41, 5.74) is 0. The lowest BCUT2D eigenvalue weighted by Crippen LogP contribution is -2.33. The van der Waals surface area contributed by atoms with Gasteiger partial charge in [0.25, 0.3) is 0 Å². The summed E-state index contributed by atoms with van der Waals surface area (Å²) in [5, 5.41) is 5.44. The van der Waals surface area contributed by atoms with E-state index in [1.54, 1.807) is 0 Å². The first kappa shape index (κ1) is 25.6. The summed E-state index contributed by atoms with van der Waals surface area (Å²) in [6.07, 6.45) is 29.1. The fourth-order valence-electron chi connectivity index (χ4n) is 2.28. The van der Waals surface area contributed by atoms with Crippen LogP contribution in [-0.4, -0.2) is 24.9 Å². The van der Waals surface area contributed by atoms with Gasteiger partial charge in [0, 0.05) is 26.4 Å². The number of hydrogen-bond acceptors (Lipinski definition) is 2. The molecule has 0 aliphatic carbocycles. The Kier molecular flexibility index (Phi) is 19.2. The van der Waals surface area contributed by atoms with Crippen molar-refractivity contribution in [3.05, 3.63) is 60.8 Å². The molecule has 0 aromatic rings. The lowest BCUT2D eigenvalue weighted by molar-refractivity contribution is -0.122. The van der Waals surface area contributed by atoms with Gasteiger partial charge in [0.05, 0.1) is 0 Å². The first-order valence-electron chi connectivity index (χ1n) is 10.4. The molecule has 0 fully saturated rings. The molecule has 0 saturated heterocycles. The number of amides is 2. The highest BCUT2D eigenvalue weighted by Gasteiger charge is 1.99. The monoisotopic (exact) mass is 386 g/mol. The zero-order valence-corrected chi connectivity index (χ0v) is 17.7. The van der Waals surface area contributed by atoms with Crippen LogP contribution in [0, 0.1) is 0 Å². The van der Waals surface area contributed by atoms with Crippen LogP contribution in [0.25, 0.3) is 0 Å². The molecule has 0 aromatic heterocycles. The summed E-state index contributed by atoms with van der Waals surface area (Å²) < 4.78 is 0. The number of carbonyl (C=O) groups is 2. The third kappa shape index (κ3) is 21.7. The van der Waals surface area contributed by atoms with Gasteiger partial charge in [0.15, 0.2) is 0 Å². The molecule has 0 aromatic carbocycles. The number of hydrogen-bond donors (Lipinski definition) is 2. The van der Waals surface area contributed by atoms with E-state index in [1.165, 1.54) is 6.92 Å². The fourth-order valence-corrected chi connectivity index (χ4v) is 2.28. The summed E-state index contributed by atoms with van der Waals surface area (Å²) in [6, 6.07) is 0. The van der Waals surface area contributed by atoms with E-state index >= 15 is 0 Å². The van der Waals surface area contributed by atoms with E-state index in [0.717, 1.165) is 44.9 Å². The molecule has 0 heterocycles. The molecule has 0 saturated carbocycles. The highest BCUT2D eigenvalue weighted by molar-refractivity contribution is 5.76. The Morgan fingerprint density at radius 2 is 1.14 bits per heavy atom. The van der Waals surface area contributed by atoms with Crippen LogP contribution in [0.2, 0.25) is 0 Å². The van der Waals surface area contributed by atoms with Crippen LogP contribution in [0.15, 0.2) is 60.8 Å². The molecule has 2 N–H and O–H groups in total. The van der Waals surface area contributed by atoms with Crippen LogP contribution in [0.1, 0.15) is 65.2 Å². The van der Waals surface area contributed by atoms with Gasteiger partial charge in [-0.2, -0.15) is 0 Å². The highest BCUT2D eigenvalue weighted by atomic mass is 16.2. The SMILES string of the molecule is CC/C=C\CC=CCC=CC/C=C\C/C=C\CCCC(=O)NCCNC(C)=O. The number of unbranched alkanes of at least 4 members (excludes halogenated alkanes) is 1. The molecule has 0 radical (unpaired) electrons. The zero-order valence-electron chi connectivity index (χ0n) is 17.7. The Bertz CT molecular complexity index is 543. The topological polar surface area (TPSA) is 58.2 Å². The molecule has 0 atom stereocenters. The Balaban J connectivity index is 3.51. The van der Waals surface area contributed by atoms with E-state index in [4.69, 9.17) is 0 Å². The minimum Gasteiger partial charge on any atom is -0.355 e. The Morgan fingerprint density at radius 1 is 0.679 bits per heavy atom. The zero-order chi connectivity index (χ0) is 20.7. The fraction of sp³-hybridized carbons (Fsp3) is 0.500. The lowest BCUT2D eigenvalue weighted by Gasteiger charge is -2.04. The number of nitrogens with one attached hydrogen (secondary N) is 2. The average Bonchev–Trinajstić information content (AvgIpc) is 2.67. The van der Waals surface area contributed by atoms with Crippen molar-refractivity contribution in [2.24, 2.45) is 0 Å². The van der Waals surface area contributed by atoms with Gasteiger partial charge in [-0.15, -0.1) is 0 Å². The van der Waals surface area contributed by atoms with Crippen LogP contribution in [0.5, 0.6) is 0 Å². The summed E-state index contributed by atoms with van der Waals surface area (Å²) >= 11 is 0. The molecular weight excluding hydrogens is 348 g/mol. The molecule has 4 heteroatoms. The normalized spacial score (nSPS) is 12.2. The first-order valence-corrected chi connectivity index (χ1v) is 10.4. The Morgan fingerprint density at radius 3 is 1.64 bits per heavy atom. The molecule has 0 unspecified atom stereocenters. The van der Waals surface area contributed by atoms with Gasteiger partial charge >= 0.3 is 0 Å². The largest absolute Gasteiger partial charge is 0.355 e. The lowest BCUT2D eigenvalue weighted by atomic mass is 10.2. The summed E-state index contributed by atoms with van der Waals surface area (Å²) in [7, 11) is 0. The molecule has 28 heavy (non-hydrogen) atoms. The van der Waals surface area contributed by atoms with E-state index in [1.807, 2.05) is 0 Å². The van der Waals surface area contributed by atoms with Crippen molar-refractivity contribution in [2.45, 2.75) is 65.2 Å². The third-order valence-corrected chi connectivity index (χ3v) is 3.75. The standard InChI is InChI=1S/C24H38N2O2/c1-3-4-5-6-7-8-9-10-11-12-13-14-15-16-17-18-19-20-24(28)26-22-21-25-23(2)27/h4-5,7-8,10-11,13-14,16-17H,3,6,9,12,15,18-22H2,1-2H3,(H,25,27)(H,26,28)/b5-4-,8-7?,11-10?,14-13-,17-16-. The van der Waals surface area contributed by atoms with E-state index in [2.05, 4.69) is 78.3 Å². The summed E-state index contributed by atoms with van der Waals surface area (Å²) in [4.78, 5) is 22.3. The van der Waals surface area contributed by atoms with Crippen LogP contribution >= 0.6 is 0 Å². The molecule has 2 amide bonds. The smallest absolute Gasteiger partial charge is 0.220 e. The predicted molar refractivity (Wildman–Crippen MR) is 120 cm³/mol. The summed E-state index contributed by atoms with van der Waals surface area (Å²) in [6.45, 7) is 4.58. The van der Waals surface area contributed by atoms with E-state index in [9.17, 15) is 9.59 Å². The molecule has 0 bridgehead atoms. The molecule has 156 valence electrons. The average molecular weight is 387 g/mol. The maximum Gasteiger partial charge on any atom is 0.220 e. The van der Waals surface area contributed by atoms with Crippen molar-refractivity contribution in [3.63, 3.8) is 0 Å². The molecular formula is C24H38N2O2. The summed E-state index contributed by atoms with van der Waals surface area (Å²) in [5.74, 6) is -0.0367. The number of carbonyl (C=O) groups excluding carboxylic acids is 2. The van der Waals surface area contributed by atoms with Gasteiger partial charge in [-0.1, -0.05) is 67.7 Å². The quantitative estimate of drug-likeness (QED) is 0.284. The third-order valence-electron chi connectivity index (χ3n) is 3.75. The molecule has 0 spiro atoms. The van der Waals surface area contributed by atoms with Crippen LogP contribution < -0.4 is 10.6 Å². The van der Waals surface area contributed by atoms with Crippen LogP contribution in [0.3, 0.4) is 0 Å². The Labute approximate surface area is 171 Å². The minimum absolute atomic E-state index is 0.0395. The van der Waals surface area contributed by atoms with Crippen molar-refractivity contribution in [1.29, 1.82) is 0 Å². The van der Waals surface area contributed by atoms with Gasteiger partial charge in [-0.05, 0) is 44.9 Å². The van der Waals surface area contributed by atoms with E-state index in [-0.39, 0.29) is 11.8 Å². The second kappa shape index (κ2) is 20.9. The van der Waals surface area contributed by atoms with E-state index in [0.29, 0.717) is 19.5 Å². The molecule has 0 aliphatic heterocycles. The molecule has 0 aliphatic rings. The second-order valence-electron chi connectivity index (χ2n) is 6.43. The van der Waals surface area contributed by atoms with Gasteiger partial charge < -0.3 is 10.6 Å². The maximum atomic E-state index is 11.6. The van der Waals surface area contributed by atoms with Crippen molar-refractivity contribution >= 4 is 11.8 Å². The minimum atomic E-state index is -0.0763. The molecule has 0 rings (SSSR count). The maximum absolute atomic E-state index is 11.6. The highest BCUT2D eigenvalue weighted by Crippen LogP contribution is 1.99. The van der Waals surface area contributed by atoms with Crippen molar-refractivity contribution in [3.8, 4) is 0 Å². The van der Waals surface area contributed by atoms with Crippen LogP contribution in [0.4, 0.5) is 0 Å². The second-order valence-corrected chi connectivity index (χ2v) is 6.43. The number of rotatable bonds is 16. The van der Waals surface area contributed by atoms with Crippen molar-refractivity contribution in [1.82, 2.24) is 10.6 Å². The van der Waals surface area contributed by atoms with Crippen molar-refractivity contribution in [2.75, 3.05) is 13.1 Å². The molecule has 4 nitrogen and oxygen atoms in total. The van der Waals surface area contributed by atoms with Gasteiger partial charge in [-0.25, -0.2) is 0 Å². The van der Waals surface area contributed by atoms with E-state index < -0.39 is 0 Å². The first-order chi connectivity index (χ1) is 13.7.